The Labute approximate surface area is 122 Å². The minimum atomic E-state index is -0.738. The molecule has 1 heterocycles. The van der Waals surface area contributed by atoms with E-state index in [0.717, 1.165) is 18.5 Å². The zero-order chi connectivity index (χ0) is 13.8. The molecule has 5 heteroatoms. The number of halogens is 1. The van der Waals surface area contributed by atoms with Crippen molar-refractivity contribution in [3.05, 3.63) is 46.7 Å². The van der Waals surface area contributed by atoms with Crippen LogP contribution in [0.2, 0.25) is 5.02 Å². The standard InChI is InChI=1S/C14H17ClN2OS/c1-3-8-17-13(12(15)9-16-17)14(18)10-4-6-11(19-2)7-5-10/h4-7,9,14,18H,3,8H2,1-2H3. The summed E-state index contributed by atoms with van der Waals surface area (Å²) < 4.78 is 1.77. The van der Waals surface area contributed by atoms with Crippen LogP contribution in [0.15, 0.2) is 35.4 Å². The number of aromatic nitrogens is 2. The SMILES string of the molecule is CCCn1ncc(Cl)c1C(O)c1ccc(SC)cc1. The Morgan fingerprint density at radius 3 is 2.63 bits per heavy atom. The summed E-state index contributed by atoms with van der Waals surface area (Å²) in [7, 11) is 0. The first-order valence-corrected chi connectivity index (χ1v) is 7.80. The van der Waals surface area contributed by atoms with Crippen LogP contribution in [0.3, 0.4) is 0 Å². The maximum Gasteiger partial charge on any atom is 0.122 e. The third kappa shape index (κ3) is 3.14. The van der Waals surface area contributed by atoms with Crippen LogP contribution in [0, 0.1) is 0 Å². The summed E-state index contributed by atoms with van der Waals surface area (Å²) in [5.74, 6) is 0. The molecule has 1 N–H and O–H groups in total. The van der Waals surface area contributed by atoms with Crippen molar-refractivity contribution in [1.29, 1.82) is 0 Å². The van der Waals surface area contributed by atoms with Crippen LogP contribution in [0.25, 0.3) is 0 Å². The molecule has 0 saturated carbocycles. The average Bonchev–Trinajstić information content (AvgIpc) is 2.80. The zero-order valence-corrected chi connectivity index (χ0v) is 12.6. The van der Waals surface area contributed by atoms with E-state index in [1.807, 2.05) is 30.5 Å². The van der Waals surface area contributed by atoms with Crippen LogP contribution in [0.5, 0.6) is 0 Å². The Morgan fingerprint density at radius 2 is 2.05 bits per heavy atom. The Kier molecular flexibility index (Phi) is 4.91. The largest absolute Gasteiger partial charge is 0.382 e. The van der Waals surface area contributed by atoms with Crippen LogP contribution in [0.1, 0.15) is 30.7 Å². The summed E-state index contributed by atoms with van der Waals surface area (Å²) in [6.07, 6.45) is 3.82. The molecule has 1 aromatic carbocycles. The quantitative estimate of drug-likeness (QED) is 0.854. The Morgan fingerprint density at radius 1 is 1.37 bits per heavy atom. The van der Waals surface area contributed by atoms with Gasteiger partial charge in [-0.15, -0.1) is 11.8 Å². The molecular formula is C14H17ClN2OS. The monoisotopic (exact) mass is 296 g/mol. The molecule has 19 heavy (non-hydrogen) atoms. The molecule has 1 atom stereocenters. The van der Waals surface area contributed by atoms with Gasteiger partial charge in [0, 0.05) is 11.4 Å². The van der Waals surface area contributed by atoms with Gasteiger partial charge in [0.15, 0.2) is 0 Å². The van der Waals surface area contributed by atoms with E-state index in [0.29, 0.717) is 10.7 Å². The van der Waals surface area contributed by atoms with Gasteiger partial charge >= 0.3 is 0 Å². The molecule has 0 aliphatic heterocycles. The van der Waals surface area contributed by atoms with Gasteiger partial charge in [0.05, 0.1) is 16.9 Å². The Bertz CT molecular complexity index is 539. The highest BCUT2D eigenvalue weighted by Crippen LogP contribution is 2.29. The van der Waals surface area contributed by atoms with E-state index >= 15 is 0 Å². The maximum atomic E-state index is 10.5. The molecule has 0 aliphatic carbocycles. The number of hydrogen-bond acceptors (Lipinski definition) is 3. The van der Waals surface area contributed by atoms with Crippen molar-refractivity contribution in [1.82, 2.24) is 9.78 Å². The summed E-state index contributed by atoms with van der Waals surface area (Å²) in [6.45, 7) is 2.82. The van der Waals surface area contributed by atoms with E-state index in [1.165, 1.54) is 4.90 Å². The smallest absolute Gasteiger partial charge is 0.122 e. The van der Waals surface area contributed by atoms with Gasteiger partial charge < -0.3 is 5.11 Å². The van der Waals surface area contributed by atoms with E-state index in [2.05, 4.69) is 12.0 Å². The number of aliphatic hydroxyl groups excluding tert-OH is 1. The molecule has 1 aromatic heterocycles. The number of thioether (sulfide) groups is 1. The molecule has 0 spiro atoms. The molecule has 0 fully saturated rings. The van der Waals surface area contributed by atoms with Gasteiger partial charge in [0.1, 0.15) is 6.10 Å². The van der Waals surface area contributed by atoms with Crippen molar-refractivity contribution in [2.75, 3.05) is 6.26 Å². The fourth-order valence-corrected chi connectivity index (χ4v) is 2.63. The van der Waals surface area contributed by atoms with E-state index in [4.69, 9.17) is 11.6 Å². The molecule has 102 valence electrons. The molecule has 2 aromatic rings. The number of benzene rings is 1. The van der Waals surface area contributed by atoms with Crippen molar-refractivity contribution in [3.63, 3.8) is 0 Å². The molecule has 0 radical (unpaired) electrons. The second-order valence-corrected chi connectivity index (χ2v) is 5.56. The van der Waals surface area contributed by atoms with Crippen LogP contribution in [-0.2, 0) is 6.54 Å². The van der Waals surface area contributed by atoms with Crippen molar-refractivity contribution >= 4 is 23.4 Å². The fraction of sp³-hybridized carbons (Fsp3) is 0.357. The average molecular weight is 297 g/mol. The molecule has 3 nitrogen and oxygen atoms in total. The molecule has 0 amide bonds. The third-order valence-corrected chi connectivity index (χ3v) is 3.99. The second-order valence-electron chi connectivity index (χ2n) is 4.28. The van der Waals surface area contributed by atoms with E-state index in [-0.39, 0.29) is 0 Å². The highest BCUT2D eigenvalue weighted by atomic mass is 35.5. The fourth-order valence-electron chi connectivity index (χ4n) is 1.98. The Balaban J connectivity index is 2.31. The second kappa shape index (κ2) is 6.46. The minimum Gasteiger partial charge on any atom is -0.382 e. The minimum absolute atomic E-state index is 0.509. The maximum absolute atomic E-state index is 10.5. The van der Waals surface area contributed by atoms with Crippen LogP contribution in [-0.4, -0.2) is 21.1 Å². The molecule has 1 unspecified atom stereocenters. The summed E-state index contributed by atoms with van der Waals surface area (Å²) in [6, 6.07) is 7.85. The lowest BCUT2D eigenvalue weighted by molar-refractivity contribution is 0.207. The summed E-state index contributed by atoms with van der Waals surface area (Å²) in [4.78, 5) is 1.17. The van der Waals surface area contributed by atoms with Crippen molar-refractivity contribution < 1.29 is 5.11 Å². The van der Waals surface area contributed by atoms with Gasteiger partial charge in [-0.2, -0.15) is 5.10 Å². The molecule has 2 rings (SSSR count). The predicted molar refractivity (Wildman–Crippen MR) is 79.8 cm³/mol. The van der Waals surface area contributed by atoms with E-state index in [1.54, 1.807) is 22.6 Å². The van der Waals surface area contributed by atoms with Crippen LogP contribution < -0.4 is 0 Å². The first-order valence-electron chi connectivity index (χ1n) is 6.20. The molecule has 0 saturated heterocycles. The van der Waals surface area contributed by atoms with Crippen molar-refractivity contribution in [2.45, 2.75) is 30.9 Å². The van der Waals surface area contributed by atoms with Crippen molar-refractivity contribution in [2.24, 2.45) is 0 Å². The lowest BCUT2D eigenvalue weighted by atomic mass is 10.1. The number of hydrogen-bond donors (Lipinski definition) is 1. The molecule has 0 bridgehead atoms. The normalized spacial score (nSPS) is 12.6. The summed E-state index contributed by atoms with van der Waals surface area (Å²) >= 11 is 7.81. The van der Waals surface area contributed by atoms with Gasteiger partial charge in [-0.05, 0) is 30.4 Å². The van der Waals surface area contributed by atoms with Gasteiger partial charge in [0.2, 0.25) is 0 Å². The first-order chi connectivity index (χ1) is 9.17. The zero-order valence-electron chi connectivity index (χ0n) is 11.0. The first kappa shape index (κ1) is 14.4. The molecule has 0 aliphatic rings. The van der Waals surface area contributed by atoms with Crippen LogP contribution in [0.4, 0.5) is 0 Å². The predicted octanol–water partition coefficient (Wildman–Crippen LogP) is 3.75. The van der Waals surface area contributed by atoms with Crippen LogP contribution >= 0.6 is 23.4 Å². The van der Waals surface area contributed by atoms with Gasteiger partial charge in [0.25, 0.3) is 0 Å². The van der Waals surface area contributed by atoms with E-state index < -0.39 is 6.10 Å². The highest BCUT2D eigenvalue weighted by Gasteiger charge is 2.19. The Hall–Kier alpha value is -0.970. The van der Waals surface area contributed by atoms with Gasteiger partial charge in [-0.25, -0.2) is 0 Å². The lowest BCUT2D eigenvalue weighted by Crippen LogP contribution is -2.10. The number of rotatable bonds is 5. The number of nitrogens with zero attached hydrogens (tertiary/aromatic N) is 2. The summed E-state index contributed by atoms with van der Waals surface area (Å²) in [5.41, 5.74) is 1.50. The topological polar surface area (TPSA) is 38.0 Å². The van der Waals surface area contributed by atoms with Crippen molar-refractivity contribution in [3.8, 4) is 0 Å². The lowest BCUT2D eigenvalue weighted by Gasteiger charge is -2.14. The number of aryl methyl sites for hydroxylation is 1. The third-order valence-electron chi connectivity index (χ3n) is 2.96. The van der Waals surface area contributed by atoms with Gasteiger partial charge in [-0.1, -0.05) is 30.7 Å². The van der Waals surface area contributed by atoms with Gasteiger partial charge in [-0.3, -0.25) is 4.68 Å². The van der Waals surface area contributed by atoms with E-state index in [9.17, 15) is 5.11 Å². The molecular weight excluding hydrogens is 280 g/mol. The summed E-state index contributed by atoms with van der Waals surface area (Å²) in [5, 5.41) is 15.2. The highest BCUT2D eigenvalue weighted by molar-refractivity contribution is 7.98. The number of aliphatic hydroxyl groups is 1.